The fourth-order valence-electron chi connectivity index (χ4n) is 1.88. The Balaban J connectivity index is 2.72. The maximum atomic E-state index is 13.1. The van der Waals surface area contributed by atoms with Crippen molar-refractivity contribution in [1.82, 2.24) is 4.90 Å². The molecule has 3 N–H and O–H groups in total. The van der Waals surface area contributed by atoms with Gasteiger partial charge in [-0.2, -0.15) is 0 Å². The lowest BCUT2D eigenvalue weighted by atomic mass is 10.1. The van der Waals surface area contributed by atoms with Crippen LogP contribution in [0.25, 0.3) is 0 Å². The minimum atomic E-state index is -0.214. The highest BCUT2D eigenvalue weighted by atomic mass is 19.1. The number of nitrogens with zero attached hydrogens (tertiary/aromatic N) is 2. The molecule has 0 saturated carbocycles. The van der Waals surface area contributed by atoms with Crippen molar-refractivity contribution in [3.63, 3.8) is 0 Å². The first kappa shape index (κ1) is 15.4. The molecule has 4 nitrogen and oxygen atoms in total. The standard InChI is InChI=1S/C14H22FN3O/c1-10(2)18(7-6-14(16)17-19)9-12-4-5-13(15)8-11(12)3/h4-5,8,10,19H,6-7,9H2,1-3H3,(H2,16,17). The van der Waals surface area contributed by atoms with Gasteiger partial charge < -0.3 is 10.9 Å². The van der Waals surface area contributed by atoms with Gasteiger partial charge in [-0.15, -0.1) is 0 Å². The quantitative estimate of drug-likeness (QED) is 0.360. The Hall–Kier alpha value is -1.62. The summed E-state index contributed by atoms with van der Waals surface area (Å²) in [6, 6.07) is 5.15. The van der Waals surface area contributed by atoms with E-state index in [1.54, 1.807) is 0 Å². The molecule has 0 atom stereocenters. The van der Waals surface area contributed by atoms with E-state index in [2.05, 4.69) is 23.9 Å². The minimum absolute atomic E-state index is 0.214. The monoisotopic (exact) mass is 267 g/mol. The van der Waals surface area contributed by atoms with Gasteiger partial charge in [0.2, 0.25) is 0 Å². The van der Waals surface area contributed by atoms with Crippen molar-refractivity contribution >= 4 is 5.84 Å². The van der Waals surface area contributed by atoms with Crippen LogP contribution in [0.15, 0.2) is 23.4 Å². The van der Waals surface area contributed by atoms with Crippen molar-refractivity contribution in [2.75, 3.05) is 6.54 Å². The molecule has 1 rings (SSSR count). The molecule has 106 valence electrons. The van der Waals surface area contributed by atoms with Crippen LogP contribution in [0.1, 0.15) is 31.4 Å². The molecule has 0 bridgehead atoms. The largest absolute Gasteiger partial charge is 0.409 e. The van der Waals surface area contributed by atoms with Gasteiger partial charge in [0.25, 0.3) is 0 Å². The lowest BCUT2D eigenvalue weighted by Crippen LogP contribution is -2.33. The summed E-state index contributed by atoms with van der Waals surface area (Å²) in [6.45, 7) is 7.50. The summed E-state index contributed by atoms with van der Waals surface area (Å²) >= 11 is 0. The van der Waals surface area contributed by atoms with Crippen molar-refractivity contribution in [2.24, 2.45) is 10.9 Å². The van der Waals surface area contributed by atoms with Gasteiger partial charge in [-0.25, -0.2) is 4.39 Å². The van der Waals surface area contributed by atoms with Gasteiger partial charge in [0, 0.05) is 25.6 Å². The van der Waals surface area contributed by atoms with Crippen molar-refractivity contribution in [1.29, 1.82) is 0 Å². The van der Waals surface area contributed by atoms with E-state index < -0.39 is 0 Å². The van der Waals surface area contributed by atoms with Gasteiger partial charge in [-0.3, -0.25) is 4.90 Å². The highest BCUT2D eigenvalue weighted by Crippen LogP contribution is 2.14. The molecule has 0 fully saturated rings. The van der Waals surface area contributed by atoms with Crippen molar-refractivity contribution in [3.8, 4) is 0 Å². The SMILES string of the molecule is Cc1cc(F)ccc1CN(CC/C(N)=N/O)C(C)C. The molecule has 0 radical (unpaired) electrons. The summed E-state index contributed by atoms with van der Waals surface area (Å²) in [7, 11) is 0. The van der Waals surface area contributed by atoms with Gasteiger partial charge in [0.1, 0.15) is 11.7 Å². The highest BCUT2D eigenvalue weighted by Gasteiger charge is 2.12. The van der Waals surface area contributed by atoms with Crippen LogP contribution < -0.4 is 5.73 Å². The topological polar surface area (TPSA) is 61.8 Å². The first-order valence-electron chi connectivity index (χ1n) is 6.39. The van der Waals surface area contributed by atoms with E-state index in [1.165, 1.54) is 12.1 Å². The Morgan fingerprint density at radius 3 is 2.68 bits per heavy atom. The molecule has 0 aliphatic carbocycles. The van der Waals surface area contributed by atoms with Crippen molar-refractivity contribution < 1.29 is 9.60 Å². The third kappa shape index (κ3) is 4.87. The van der Waals surface area contributed by atoms with Crippen molar-refractivity contribution in [3.05, 3.63) is 35.1 Å². The Morgan fingerprint density at radius 2 is 2.16 bits per heavy atom. The average Bonchev–Trinajstić information content (AvgIpc) is 2.35. The third-order valence-corrected chi connectivity index (χ3v) is 3.19. The van der Waals surface area contributed by atoms with Crippen LogP contribution in [0.4, 0.5) is 4.39 Å². The molecule has 1 aromatic rings. The molecule has 0 aliphatic rings. The van der Waals surface area contributed by atoms with Crippen LogP contribution >= 0.6 is 0 Å². The maximum absolute atomic E-state index is 13.1. The number of aryl methyl sites for hydroxylation is 1. The van der Waals surface area contributed by atoms with E-state index in [0.29, 0.717) is 19.0 Å². The Labute approximate surface area is 113 Å². The summed E-state index contributed by atoms with van der Waals surface area (Å²) in [5.74, 6) is 0.00971. The predicted molar refractivity (Wildman–Crippen MR) is 74.7 cm³/mol. The molecule has 0 unspecified atom stereocenters. The number of oxime groups is 1. The van der Waals surface area contributed by atoms with Gasteiger partial charge >= 0.3 is 0 Å². The summed E-state index contributed by atoms with van der Waals surface area (Å²) in [5, 5.41) is 11.5. The summed E-state index contributed by atoms with van der Waals surface area (Å²) in [4.78, 5) is 2.21. The van der Waals surface area contributed by atoms with E-state index in [4.69, 9.17) is 10.9 Å². The molecular formula is C14H22FN3O. The average molecular weight is 267 g/mol. The first-order chi connectivity index (χ1) is 8.93. The van der Waals surface area contributed by atoms with Gasteiger partial charge in [0.15, 0.2) is 0 Å². The normalized spacial score (nSPS) is 12.4. The molecule has 0 spiro atoms. The van der Waals surface area contributed by atoms with Crippen LogP contribution in [-0.2, 0) is 6.54 Å². The fraction of sp³-hybridized carbons (Fsp3) is 0.500. The number of halogens is 1. The lowest BCUT2D eigenvalue weighted by Gasteiger charge is -2.27. The molecule has 0 aliphatic heterocycles. The van der Waals surface area contributed by atoms with E-state index >= 15 is 0 Å². The number of nitrogens with two attached hydrogens (primary N) is 1. The van der Waals surface area contributed by atoms with Gasteiger partial charge in [-0.1, -0.05) is 11.2 Å². The number of hydrogen-bond donors (Lipinski definition) is 2. The molecule has 0 heterocycles. The second-order valence-corrected chi connectivity index (χ2v) is 4.98. The van der Waals surface area contributed by atoms with Gasteiger partial charge in [0.05, 0.1) is 0 Å². The smallest absolute Gasteiger partial charge is 0.140 e. The fourth-order valence-corrected chi connectivity index (χ4v) is 1.88. The van der Waals surface area contributed by atoms with Crippen LogP contribution in [-0.4, -0.2) is 28.5 Å². The van der Waals surface area contributed by atoms with E-state index in [1.807, 2.05) is 13.0 Å². The maximum Gasteiger partial charge on any atom is 0.140 e. The molecule has 5 heteroatoms. The Morgan fingerprint density at radius 1 is 1.47 bits per heavy atom. The van der Waals surface area contributed by atoms with E-state index in [9.17, 15) is 4.39 Å². The Kier molecular flexibility index (Phi) is 5.76. The number of amidine groups is 1. The summed E-state index contributed by atoms with van der Waals surface area (Å²) in [6.07, 6.45) is 0.509. The zero-order valence-corrected chi connectivity index (χ0v) is 11.7. The molecule has 19 heavy (non-hydrogen) atoms. The first-order valence-corrected chi connectivity index (χ1v) is 6.39. The number of rotatable bonds is 6. The van der Waals surface area contributed by atoms with Crippen LogP contribution in [0.3, 0.4) is 0 Å². The van der Waals surface area contributed by atoms with Crippen LogP contribution in [0.2, 0.25) is 0 Å². The van der Waals surface area contributed by atoms with Crippen LogP contribution in [0, 0.1) is 12.7 Å². The molecule has 0 saturated heterocycles. The molecular weight excluding hydrogens is 245 g/mol. The summed E-state index contributed by atoms with van der Waals surface area (Å²) < 4.78 is 13.1. The minimum Gasteiger partial charge on any atom is -0.409 e. The Bertz CT molecular complexity index is 446. The second-order valence-electron chi connectivity index (χ2n) is 4.98. The van der Waals surface area contributed by atoms with Crippen LogP contribution in [0.5, 0.6) is 0 Å². The zero-order chi connectivity index (χ0) is 14.4. The number of benzene rings is 1. The molecule has 0 aromatic heterocycles. The van der Waals surface area contributed by atoms with E-state index in [-0.39, 0.29) is 11.7 Å². The number of hydrogen-bond acceptors (Lipinski definition) is 3. The molecule has 0 amide bonds. The molecule has 1 aromatic carbocycles. The lowest BCUT2D eigenvalue weighted by molar-refractivity contribution is 0.217. The second kappa shape index (κ2) is 7.09. The van der Waals surface area contributed by atoms with Crippen molar-refractivity contribution in [2.45, 2.75) is 39.8 Å². The van der Waals surface area contributed by atoms with E-state index in [0.717, 1.165) is 17.7 Å². The zero-order valence-electron chi connectivity index (χ0n) is 11.7. The highest BCUT2D eigenvalue weighted by molar-refractivity contribution is 5.79. The predicted octanol–water partition coefficient (Wildman–Crippen LogP) is 2.48. The van der Waals surface area contributed by atoms with Gasteiger partial charge in [-0.05, 0) is 44.0 Å². The summed E-state index contributed by atoms with van der Waals surface area (Å²) in [5.41, 5.74) is 7.52. The third-order valence-electron chi connectivity index (χ3n) is 3.19.